The van der Waals surface area contributed by atoms with Crippen LogP contribution in [0.3, 0.4) is 0 Å². The van der Waals surface area contributed by atoms with Gasteiger partial charge in [0.05, 0.1) is 12.5 Å². The molecule has 2 aromatic carbocycles. The second-order valence-corrected chi connectivity index (χ2v) is 7.28. The number of hydrogen-bond acceptors (Lipinski definition) is 3. The summed E-state index contributed by atoms with van der Waals surface area (Å²) in [5, 5.41) is 3.32. The highest BCUT2D eigenvalue weighted by Gasteiger charge is 2.40. The molecule has 5 heteroatoms. The summed E-state index contributed by atoms with van der Waals surface area (Å²) >= 11 is 0. The summed E-state index contributed by atoms with van der Waals surface area (Å²) < 4.78 is 5.58. The molecule has 3 rings (SSSR count). The SMILES string of the molecule is CNC1CCC(Cc2cc(-c3ccccc3)ccc2OC)(C(N)=O)CC1.Cl. The maximum atomic E-state index is 12.4. The van der Waals surface area contributed by atoms with Crippen LogP contribution in [-0.4, -0.2) is 26.1 Å². The van der Waals surface area contributed by atoms with Gasteiger partial charge in [-0.05, 0) is 68.0 Å². The lowest BCUT2D eigenvalue weighted by Gasteiger charge is -2.38. The van der Waals surface area contributed by atoms with Crippen molar-refractivity contribution in [2.45, 2.75) is 38.1 Å². The molecule has 0 spiro atoms. The number of benzene rings is 2. The Kier molecular flexibility index (Phi) is 7.28. The topological polar surface area (TPSA) is 64.3 Å². The summed E-state index contributed by atoms with van der Waals surface area (Å²) in [4.78, 5) is 12.4. The number of carbonyl (C=O) groups is 1. The van der Waals surface area contributed by atoms with Crippen molar-refractivity contribution in [3.8, 4) is 16.9 Å². The molecule has 0 saturated heterocycles. The molecule has 27 heavy (non-hydrogen) atoms. The molecule has 1 aliphatic rings. The summed E-state index contributed by atoms with van der Waals surface area (Å²) in [6.07, 6.45) is 4.20. The fourth-order valence-corrected chi connectivity index (χ4v) is 4.06. The Labute approximate surface area is 167 Å². The molecule has 0 bridgehead atoms. The molecule has 1 amide bonds. The van der Waals surface area contributed by atoms with E-state index in [2.05, 4.69) is 29.6 Å². The van der Waals surface area contributed by atoms with Crippen molar-refractivity contribution in [3.63, 3.8) is 0 Å². The van der Waals surface area contributed by atoms with Crippen LogP contribution in [-0.2, 0) is 11.2 Å². The monoisotopic (exact) mass is 388 g/mol. The third-order valence-electron chi connectivity index (χ3n) is 5.79. The minimum Gasteiger partial charge on any atom is -0.496 e. The molecule has 1 aliphatic carbocycles. The van der Waals surface area contributed by atoms with Crippen molar-refractivity contribution in [1.29, 1.82) is 0 Å². The first kappa shape index (κ1) is 21.3. The maximum Gasteiger partial charge on any atom is 0.223 e. The highest BCUT2D eigenvalue weighted by atomic mass is 35.5. The van der Waals surface area contributed by atoms with Crippen LogP contribution < -0.4 is 15.8 Å². The summed E-state index contributed by atoms with van der Waals surface area (Å²) in [6.45, 7) is 0. The van der Waals surface area contributed by atoms with Gasteiger partial charge >= 0.3 is 0 Å². The first-order valence-electron chi connectivity index (χ1n) is 9.27. The lowest BCUT2D eigenvalue weighted by atomic mass is 9.68. The molecule has 0 atom stereocenters. The first-order valence-corrected chi connectivity index (χ1v) is 9.27. The van der Waals surface area contributed by atoms with E-state index in [0.29, 0.717) is 12.5 Å². The Morgan fingerprint density at radius 1 is 1.15 bits per heavy atom. The minimum absolute atomic E-state index is 0. The number of methoxy groups -OCH3 is 1. The predicted octanol–water partition coefficient (Wildman–Crippen LogP) is 3.96. The van der Waals surface area contributed by atoms with Crippen molar-refractivity contribution in [2.75, 3.05) is 14.2 Å². The second kappa shape index (κ2) is 9.25. The fourth-order valence-electron chi connectivity index (χ4n) is 4.06. The van der Waals surface area contributed by atoms with Crippen molar-refractivity contribution >= 4 is 18.3 Å². The molecule has 0 heterocycles. The quantitative estimate of drug-likeness (QED) is 0.787. The summed E-state index contributed by atoms with van der Waals surface area (Å²) in [5.41, 5.74) is 8.72. The third kappa shape index (κ3) is 4.63. The fraction of sp³-hybridized carbons (Fsp3) is 0.409. The van der Waals surface area contributed by atoms with Crippen LogP contribution in [0.25, 0.3) is 11.1 Å². The standard InChI is InChI=1S/C22H28N2O2.ClH/c1-24-19-10-12-22(13-11-19,21(23)25)15-18-14-17(8-9-20(18)26-2)16-6-4-3-5-7-16;/h3-9,14,19,24H,10-13,15H2,1-2H3,(H2,23,25);1H. The molecule has 0 unspecified atom stereocenters. The van der Waals surface area contributed by atoms with Gasteiger partial charge in [-0.25, -0.2) is 0 Å². The average molecular weight is 389 g/mol. The van der Waals surface area contributed by atoms with Gasteiger partial charge in [0.2, 0.25) is 5.91 Å². The van der Waals surface area contributed by atoms with E-state index in [1.54, 1.807) is 7.11 Å². The van der Waals surface area contributed by atoms with Gasteiger partial charge in [0.25, 0.3) is 0 Å². The van der Waals surface area contributed by atoms with Gasteiger partial charge in [-0.15, -0.1) is 12.4 Å². The van der Waals surface area contributed by atoms with Crippen LogP contribution in [0.5, 0.6) is 5.75 Å². The van der Waals surface area contributed by atoms with E-state index in [0.717, 1.165) is 48.1 Å². The van der Waals surface area contributed by atoms with Crippen molar-refractivity contribution in [2.24, 2.45) is 11.1 Å². The lowest BCUT2D eigenvalue weighted by Crippen LogP contribution is -2.45. The van der Waals surface area contributed by atoms with E-state index in [1.807, 2.05) is 31.3 Å². The zero-order valence-electron chi connectivity index (χ0n) is 16.0. The number of primary amides is 1. The van der Waals surface area contributed by atoms with Gasteiger partial charge in [-0.1, -0.05) is 36.4 Å². The summed E-state index contributed by atoms with van der Waals surface area (Å²) in [7, 11) is 3.66. The lowest BCUT2D eigenvalue weighted by molar-refractivity contribution is -0.129. The van der Waals surface area contributed by atoms with Gasteiger partial charge in [0, 0.05) is 6.04 Å². The summed E-state index contributed by atoms with van der Waals surface area (Å²) in [5.74, 6) is 0.625. The Bertz CT molecular complexity index is 756. The highest BCUT2D eigenvalue weighted by molar-refractivity contribution is 5.85. The Morgan fingerprint density at radius 3 is 2.37 bits per heavy atom. The molecular weight excluding hydrogens is 360 g/mol. The van der Waals surface area contributed by atoms with Gasteiger partial charge in [-0.3, -0.25) is 4.79 Å². The third-order valence-corrected chi connectivity index (χ3v) is 5.79. The van der Waals surface area contributed by atoms with Crippen LogP contribution in [0.2, 0.25) is 0 Å². The molecule has 1 fully saturated rings. The van der Waals surface area contributed by atoms with Gasteiger partial charge < -0.3 is 15.8 Å². The summed E-state index contributed by atoms with van der Waals surface area (Å²) in [6, 6.07) is 16.9. The predicted molar refractivity (Wildman–Crippen MR) is 112 cm³/mol. The zero-order valence-corrected chi connectivity index (χ0v) is 16.9. The zero-order chi connectivity index (χ0) is 18.6. The van der Waals surface area contributed by atoms with Crippen molar-refractivity contribution in [3.05, 3.63) is 54.1 Å². The van der Waals surface area contributed by atoms with Gasteiger partial charge in [0.1, 0.15) is 5.75 Å². The number of rotatable bonds is 6. The van der Waals surface area contributed by atoms with E-state index < -0.39 is 5.41 Å². The van der Waals surface area contributed by atoms with E-state index in [4.69, 9.17) is 10.5 Å². The van der Waals surface area contributed by atoms with Crippen molar-refractivity contribution in [1.82, 2.24) is 5.32 Å². The molecule has 4 nitrogen and oxygen atoms in total. The Hall–Kier alpha value is -2.04. The van der Waals surface area contributed by atoms with E-state index in [-0.39, 0.29) is 18.3 Å². The van der Waals surface area contributed by atoms with E-state index in [9.17, 15) is 4.79 Å². The number of halogens is 1. The Balaban J connectivity index is 0.00000261. The van der Waals surface area contributed by atoms with Crippen LogP contribution in [0.1, 0.15) is 31.2 Å². The van der Waals surface area contributed by atoms with Crippen LogP contribution in [0.15, 0.2) is 48.5 Å². The smallest absolute Gasteiger partial charge is 0.223 e. The molecular formula is C22H29ClN2O2. The first-order chi connectivity index (χ1) is 12.6. The maximum absolute atomic E-state index is 12.4. The second-order valence-electron chi connectivity index (χ2n) is 7.28. The molecule has 2 aromatic rings. The number of hydrogen-bond donors (Lipinski definition) is 2. The largest absolute Gasteiger partial charge is 0.496 e. The number of amides is 1. The van der Waals surface area contributed by atoms with Crippen molar-refractivity contribution < 1.29 is 9.53 Å². The van der Waals surface area contributed by atoms with Crippen LogP contribution in [0.4, 0.5) is 0 Å². The molecule has 0 radical (unpaired) electrons. The molecule has 3 N–H and O–H groups in total. The van der Waals surface area contributed by atoms with E-state index in [1.165, 1.54) is 0 Å². The van der Waals surface area contributed by atoms with Gasteiger partial charge in [-0.2, -0.15) is 0 Å². The number of carbonyl (C=O) groups excluding carboxylic acids is 1. The van der Waals surface area contributed by atoms with Crippen LogP contribution >= 0.6 is 12.4 Å². The molecule has 1 saturated carbocycles. The number of nitrogens with two attached hydrogens (primary N) is 1. The van der Waals surface area contributed by atoms with Crippen LogP contribution in [0, 0.1) is 5.41 Å². The minimum atomic E-state index is -0.490. The number of nitrogens with one attached hydrogen (secondary N) is 1. The normalized spacial score (nSPS) is 21.9. The molecule has 0 aliphatic heterocycles. The van der Waals surface area contributed by atoms with Gasteiger partial charge in [0.15, 0.2) is 0 Å². The highest BCUT2D eigenvalue weighted by Crippen LogP contribution is 2.41. The van der Waals surface area contributed by atoms with E-state index >= 15 is 0 Å². The molecule has 0 aromatic heterocycles. The number of ether oxygens (including phenoxy) is 1. The molecule has 146 valence electrons. The Morgan fingerprint density at radius 2 is 1.81 bits per heavy atom. The average Bonchev–Trinajstić information content (AvgIpc) is 2.69.